The highest BCUT2D eigenvalue weighted by Crippen LogP contribution is 2.26. The molecule has 110 valence electrons. The Labute approximate surface area is 127 Å². The lowest BCUT2D eigenvalue weighted by atomic mass is 10.2. The molecule has 0 atom stereocenters. The third kappa shape index (κ3) is 2.83. The molecule has 1 heterocycles. The molecular formula is C17H14N2O3. The lowest BCUT2D eigenvalue weighted by molar-refractivity contribution is 0.0730. The van der Waals surface area contributed by atoms with E-state index in [1.54, 1.807) is 41.2 Å². The topological polar surface area (TPSA) is 53.4 Å². The summed E-state index contributed by atoms with van der Waals surface area (Å²) < 4.78 is 12.2. The van der Waals surface area contributed by atoms with E-state index in [-0.39, 0.29) is 0 Å². The van der Waals surface area contributed by atoms with Gasteiger partial charge in [-0.15, -0.1) is 0 Å². The summed E-state index contributed by atoms with van der Waals surface area (Å²) in [5.74, 6) is 0.478. The van der Waals surface area contributed by atoms with Crippen molar-refractivity contribution in [3.8, 4) is 17.2 Å². The molecule has 1 aromatic heterocycles. The number of aromatic nitrogens is 2. The van der Waals surface area contributed by atoms with Gasteiger partial charge in [-0.2, -0.15) is 5.10 Å². The van der Waals surface area contributed by atoms with Gasteiger partial charge in [-0.25, -0.2) is 9.48 Å². The van der Waals surface area contributed by atoms with Gasteiger partial charge in [0.15, 0.2) is 11.5 Å². The van der Waals surface area contributed by atoms with Gasteiger partial charge in [0.25, 0.3) is 0 Å². The van der Waals surface area contributed by atoms with E-state index in [4.69, 9.17) is 9.47 Å². The molecule has 0 aliphatic heterocycles. The molecule has 0 amide bonds. The molecule has 0 aliphatic carbocycles. The summed E-state index contributed by atoms with van der Waals surface area (Å²) in [5, 5.41) is 4.14. The van der Waals surface area contributed by atoms with Crippen LogP contribution in [0.15, 0.2) is 67.0 Å². The molecule has 0 spiro atoms. The van der Waals surface area contributed by atoms with Crippen molar-refractivity contribution in [3.63, 3.8) is 0 Å². The Morgan fingerprint density at radius 1 is 1.00 bits per heavy atom. The molecule has 0 fully saturated rings. The van der Waals surface area contributed by atoms with Crippen LogP contribution in [0.2, 0.25) is 0 Å². The quantitative estimate of drug-likeness (QED) is 0.548. The predicted molar refractivity (Wildman–Crippen MR) is 81.5 cm³/mol. The molecule has 0 N–H and O–H groups in total. The van der Waals surface area contributed by atoms with Crippen LogP contribution in [0.5, 0.6) is 11.5 Å². The van der Waals surface area contributed by atoms with Gasteiger partial charge >= 0.3 is 5.97 Å². The molecule has 0 aliphatic rings. The van der Waals surface area contributed by atoms with Gasteiger partial charge in [0.1, 0.15) is 0 Å². The monoisotopic (exact) mass is 294 g/mol. The fourth-order valence-electron chi connectivity index (χ4n) is 2.03. The zero-order valence-corrected chi connectivity index (χ0v) is 12.0. The van der Waals surface area contributed by atoms with E-state index in [9.17, 15) is 4.79 Å². The standard InChI is InChI=1S/C17H14N2O3/c1-21-15-5-2-3-6-16(15)22-17(20)13-7-9-14(10-8-13)19-12-4-11-18-19/h2-12H,1H3. The average molecular weight is 294 g/mol. The molecule has 0 unspecified atom stereocenters. The highest BCUT2D eigenvalue weighted by molar-refractivity contribution is 5.91. The van der Waals surface area contributed by atoms with Gasteiger partial charge in [0.05, 0.1) is 18.4 Å². The second-order valence-corrected chi connectivity index (χ2v) is 4.54. The number of nitrogens with zero attached hydrogens (tertiary/aromatic N) is 2. The maximum absolute atomic E-state index is 12.2. The van der Waals surface area contributed by atoms with Gasteiger partial charge in [-0.1, -0.05) is 12.1 Å². The van der Waals surface area contributed by atoms with E-state index in [0.717, 1.165) is 5.69 Å². The van der Waals surface area contributed by atoms with Crippen molar-refractivity contribution in [1.82, 2.24) is 9.78 Å². The molecule has 0 bridgehead atoms. The van der Waals surface area contributed by atoms with E-state index in [1.165, 1.54) is 7.11 Å². The maximum atomic E-state index is 12.2. The van der Waals surface area contributed by atoms with Crippen molar-refractivity contribution in [1.29, 1.82) is 0 Å². The van der Waals surface area contributed by atoms with Crippen LogP contribution in [0.25, 0.3) is 5.69 Å². The maximum Gasteiger partial charge on any atom is 0.343 e. The molecule has 3 aromatic rings. The molecule has 0 saturated heterocycles. The van der Waals surface area contributed by atoms with Crippen LogP contribution in [0.3, 0.4) is 0 Å². The summed E-state index contributed by atoms with van der Waals surface area (Å²) in [4.78, 5) is 12.2. The zero-order valence-electron chi connectivity index (χ0n) is 12.0. The van der Waals surface area contributed by atoms with Gasteiger partial charge < -0.3 is 9.47 Å². The number of hydrogen-bond donors (Lipinski definition) is 0. The van der Waals surface area contributed by atoms with Crippen LogP contribution in [0.4, 0.5) is 0 Å². The Bertz CT molecular complexity index is 765. The number of carbonyl (C=O) groups is 1. The molecular weight excluding hydrogens is 280 g/mol. The first-order valence-electron chi connectivity index (χ1n) is 6.73. The number of carbonyl (C=O) groups excluding carboxylic acids is 1. The van der Waals surface area contributed by atoms with E-state index < -0.39 is 5.97 Å². The highest BCUT2D eigenvalue weighted by atomic mass is 16.6. The summed E-state index contributed by atoms with van der Waals surface area (Å²) in [7, 11) is 1.53. The van der Waals surface area contributed by atoms with Crippen LogP contribution in [-0.4, -0.2) is 22.9 Å². The van der Waals surface area contributed by atoms with Gasteiger partial charge in [0, 0.05) is 12.4 Å². The average Bonchev–Trinajstić information content (AvgIpc) is 3.10. The smallest absolute Gasteiger partial charge is 0.343 e. The van der Waals surface area contributed by atoms with Crippen molar-refractivity contribution < 1.29 is 14.3 Å². The minimum Gasteiger partial charge on any atom is -0.493 e. The van der Waals surface area contributed by atoms with Crippen molar-refractivity contribution in [2.75, 3.05) is 7.11 Å². The zero-order chi connectivity index (χ0) is 15.4. The number of rotatable bonds is 4. The fraction of sp³-hybridized carbons (Fsp3) is 0.0588. The van der Waals surface area contributed by atoms with E-state index >= 15 is 0 Å². The summed E-state index contributed by atoms with van der Waals surface area (Å²) in [5.41, 5.74) is 1.33. The number of hydrogen-bond acceptors (Lipinski definition) is 4. The SMILES string of the molecule is COc1ccccc1OC(=O)c1ccc(-n2cccn2)cc1. The lowest BCUT2D eigenvalue weighted by Gasteiger charge is -2.09. The second kappa shape index (κ2) is 6.13. The van der Waals surface area contributed by atoms with Crippen LogP contribution in [0.1, 0.15) is 10.4 Å². The van der Waals surface area contributed by atoms with E-state index in [2.05, 4.69) is 5.10 Å². The number of ether oxygens (including phenoxy) is 2. The van der Waals surface area contributed by atoms with Crippen molar-refractivity contribution in [2.45, 2.75) is 0 Å². The first kappa shape index (κ1) is 13.9. The molecule has 5 heteroatoms. The lowest BCUT2D eigenvalue weighted by Crippen LogP contribution is -2.09. The minimum atomic E-state index is -0.434. The fourth-order valence-corrected chi connectivity index (χ4v) is 2.03. The van der Waals surface area contributed by atoms with Gasteiger partial charge in [-0.3, -0.25) is 0 Å². The number of para-hydroxylation sites is 2. The van der Waals surface area contributed by atoms with Crippen LogP contribution in [-0.2, 0) is 0 Å². The molecule has 2 aromatic carbocycles. The Morgan fingerprint density at radius 2 is 1.73 bits per heavy atom. The van der Waals surface area contributed by atoms with Crippen LogP contribution >= 0.6 is 0 Å². The third-order valence-electron chi connectivity index (χ3n) is 3.14. The number of esters is 1. The third-order valence-corrected chi connectivity index (χ3v) is 3.14. The minimum absolute atomic E-state index is 0.395. The van der Waals surface area contributed by atoms with Crippen molar-refractivity contribution >= 4 is 5.97 Å². The van der Waals surface area contributed by atoms with Gasteiger partial charge in [-0.05, 0) is 42.5 Å². The Kier molecular flexibility index (Phi) is 3.87. The molecule has 5 nitrogen and oxygen atoms in total. The van der Waals surface area contributed by atoms with Crippen molar-refractivity contribution in [2.24, 2.45) is 0 Å². The van der Waals surface area contributed by atoms with E-state index in [1.807, 2.05) is 30.5 Å². The molecule has 0 saturated carbocycles. The summed E-state index contributed by atoms with van der Waals surface area (Å²) >= 11 is 0. The Hall–Kier alpha value is -3.08. The highest BCUT2D eigenvalue weighted by Gasteiger charge is 2.12. The Morgan fingerprint density at radius 3 is 2.36 bits per heavy atom. The summed E-state index contributed by atoms with van der Waals surface area (Å²) in [6.45, 7) is 0. The van der Waals surface area contributed by atoms with Gasteiger partial charge in [0.2, 0.25) is 0 Å². The number of methoxy groups -OCH3 is 1. The first-order valence-corrected chi connectivity index (χ1v) is 6.73. The number of benzene rings is 2. The van der Waals surface area contributed by atoms with E-state index in [0.29, 0.717) is 17.1 Å². The Balaban J connectivity index is 1.78. The predicted octanol–water partition coefficient (Wildman–Crippen LogP) is 3.10. The largest absolute Gasteiger partial charge is 0.493 e. The first-order chi connectivity index (χ1) is 10.8. The van der Waals surface area contributed by atoms with Crippen LogP contribution < -0.4 is 9.47 Å². The summed E-state index contributed by atoms with van der Waals surface area (Å²) in [6, 6.07) is 15.9. The summed E-state index contributed by atoms with van der Waals surface area (Å²) in [6.07, 6.45) is 3.53. The second-order valence-electron chi connectivity index (χ2n) is 4.54. The molecule has 0 radical (unpaired) electrons. The van der Waals surface area contributed by atoms with Crippen LogP contribution in [0, 0.1) is 0 Å². The normalized spacial score (nSPS) is 10.2. The molecule has 3 rings (SSSR count). The molecule has 22 heavy (non-hydrogen) atoms. The van der Waals surface area contributed by atoms with Crippen molar-refractivity contribution in [3.05, 3.63) is 72.6 Å².